The Morgan fingerprint density at radius 3 is 2.63 bits per heavy atom. The number of carbonyl (C=O) groups is 2. The highest BCUT2D eigenvalue weighted by Crippen LogP contribution is 2.65. The van der Waals surface area contributed by atoms with Crippen molar-refractivity contribution in [2.24, 2.45) is 34.5 Å². The standard InChI is InChI=1S/C22H32O5/c1-21-10-12(3-8-19(26)27)16(23)9-13(21)4-5-14-15-6-7-18(25)22(15,2)11-17(24)20(14)21/h9,12,14-15,17-18,20,24-25H,3-8,10-11H2,1-2H3,(H,26,27)/t12?,14-,15-,17-,18+,20+,21-,22-/m0/s1. The monoisotopic (exact) mass is 376 g/mol. The predicted octanol–water partition coefficient (Wildman–Crippen LogP) is 2.94. The number of rotatable bonds is 3. The molecule has 0 saturated heterocycles. The maximum atomic E-state index is 12.6. The van der Waals surface area contributed by atoms with Crippen molar-refractivity contribution < 1.29 is 24.9 Å². The van der Waals surface area contributed by atoms with Crippen LogP contribution in [0.3, 0.4) is 0 Å². The van der Waals surface area contributed by atoms with Crippen LogP contribution >= 0.6 is 0 Å². The van der Waals surface area contributed by atoms with Gasteiger partial charge in [0, 0.05) is 12.3 Å². The van der Waals surface area contributed by atoms with Gasteiger partial charge in [-0.15, -0.1) is 0 Å². The molecule has 27 heavy (non-hydrogen) atoms. The molecule has 4 aliphatic carbocycles. The molecule has 4 rings (SSSR count). The SMILES string of the molecule is C[C@]12C[C@H](O)[C@H]3[C@@H](CCC4=CC(=O)C(CCC(=O)O)C[C@@]43C)[C@@H]1CC[C@H]2O. The van der Waals surface area contributed by atoms with Crippen LogP contribution < -0.4 is 0 Å². The zero-order valence-electron chi connectivity index (χ0n) is 16.4. The van der Waals surface area contributed by atoms with Crippen molar-refractivity contribution in [2.75, 3.05) is 0 Å². The number of aliphatic hydroxyl groups excluding tert-OH is 2. The molecule has 3 saturated carbocycles. The van der Waals surface area contributed by atoms with Gasteiger partial charge in [-0.1, -0.05) is 19.4 Å². The Morgan fingerprint density at radius 2 is 1.93 bits per heavy atom. The van der Waals surface area contributed by atoms with Crippen LogP contribution in [-0.4, -0.2) is 39.3 Å². The molecule has 0 amide bonds. The minimum absolute atomic E-state index is 0.0131. The Bertz CT molecular complexity index is 684. The van der Waals surface area contributed by atoms with Gasteiger partial charge in [-0.2, -0.15) is 0 Å². The number of hydrogen-bond acceptors (Lipinski definition) is 4. The summed E-state index contributed by atoms with van der Waals surface area (Å²) < 4.78 is 0. The number of carboxylic acid groups (broad SMARTS) is 1. The molecule has 4 aliphatic rings. The largest absolute Gasteiger partial charge is 0.481 e. The number of ketones is 1. The van der Waals surface area contributed by atoms with E-state index in [0.717, 1.165) is 31.3 Å². The molecule has 0 aliphatic heterocycles. The van der Waals surface area contributed by atoms with Crippen molar-refractivity contribution >= 4 is 11.8 Å². The Kier molecular flexibility index (Phi) is 4.54. The lowest BCUT2D eigenvalue weighted by molar-refractivity contribution is -0.147. The average molecular weight is 376 g/mol. The van der Waals surface area contributed by atoms with E-state index in [9.17, 15) is 19.8 Å². The molecule has 5 heteroatoms. The molecular formula is C22H32O5. The van der Waals surface area contributed by atoms with Gasteiger partial charge in [-0.3, -0.25) is 9.59 Å². The van der Waals surface area contributed by atoms with E-state index in [1.165, 1.54) is 0 Å². The second-order valence-electron chi connectivity index (χ2n) is 10.0. The maximum absolute atomic E-state index is 12.6. The third-order valence-corrected chi connectivity index (χ3v) is 8.71. The first-order chi connectivity index (χ1) is 12.7. The minimum atomic E-state index is -0.863. The molecular weight excluding hydrogens is 344 g/mol. The van der Waals surface area contributed by atoms with Gasteiger partial charge in [-0.25, -0.2) is 0 Å². The normalized spacial score (nSPS) is 49.0. The highest BCUT2D eigenvalue weighted by atomic mass is 16.4. The van der Waals surface area contributed by atoms with Gasteiger partial charge < -0.3 is 15.3 Å². The summed E-state index contributed by atoms with van der Waals surface area (Å²) in [5.74, 6) is -0.170. The highest BCUT2D eigenvalue weighted by molar-refractivity contribution is 5.94. The molecule has 0 aromatic heterocycles. The van der Waals surface area contributed by atoms with E-state index in [0.29, 0.717) is 31.1 Å². The van der Waals surface area contributed by atoms with Crippen molar-refractivity contribution in [1.82, 2.24) is 0 Å². The van der Waals surface area contributed by atoms with Crippen LogP contribution in [0, 0.1) is 34.5 Å². The number of hydrogen-bond donors (Lipinski definition) is 3. The third-order valence-electron chi connectivity index (χ3n) is 8.71. The molecule has 0 spiro atoms. The Balaban J connectivity index is 1.65. The van der Waals surface area contributed by atoms with Crippen LogP contribution in [0.4, 0.5) is 0 Å². The van der Waals surface area contributed by atoms with Crippen molar-refractivity contribution in [3.8, 4) is 0 Å². The van der Waals surface area contributed by atoms with Crippen LogP contribution in [0.25, 0.3) is 0 Å². The Labute approximate surface area is 160 Å². The van der Waals surface area contributed by atoms with Crippen LogP contribution in [0.1, 0.15) is 65.2 Å². The molecule has 0 radical (unpaired) electrons. The first-order valence-electron chi connectivity index (χ1n) is 10.5. The summed E-state index contributed by atoms with van der Waals surface area (Å²) >= 11 is 0. The summed E-state index contributed by atoms with van der Waals surface area (Å²) in [7, 11) is 0. The number of carbonyl (C=O) groups excluding carboxylic acids is 1. The number of carboxylic acids is 1. The van der Waals surface area contributed by atoms with Crippen molar-refractivity contribution in [1.29, 1.82) is 0 Å². The smallest absolute Gasteiger partial charge is 0.303 e. The van der Waals surface area contributed by atoms with Gasteiger partial charge >= 0.3 is 5.97 Å². The lowest BCUT2D eigenvalue weighted by Gasteiger charge is -2.60. The summed E-state index contributed by atoms with van der Waals surface area (Å²) in [6, 6.07) is 0. The van der Waals surface area contributed by atoms with Crippen LogP contribution in [-0.2, 0) is 9.59 Å². The third kappa shape index (κ3) is 2.80. The Hall–Kier alpha value is -1.20. The van der Waals surface area contributed by atoms with E-state index >= 15 is 0 Å². The molecule has 0 aromatic rings. The fraction of sp³-hybridized carbons (Fsp3) is 0.818. The fourth-order valence-corrected chi connectivity index (χ4v) is 7.40. The zero-order chi connectivity index (χ0) is 19.6. The number of allylic oxidation sites excluding steroid dienone is 1. The summed E-state index contributed by atoms with van der Waals surface area (Å²) in [5, 5.41) is 30.8. The van der Waals surface area contributed by atoms with Crippen LogP contribution in [0.15, 0.2) is 11.6 Å². The van der Waals surface area contributed by atoms with Crippen molar-refractivity contribution in [3.63, 3.8) is 0 Å². The van der Waals surface area contributed by atoms with Gasteiger partial charge in [0.1, 0.15) is 0 Å². The lowest BCUT2D eigenvalue weighted by Crippen LogP contribution is -2.57. The van der Waals surface area contributed by atoms with Crippen molar-refractivity contribution in [3.05, 3.63) is 11.6 Å². The summed E-state index contributed by atoms with van der Waals surface area (Å²) in [6.07, 6.45) is 6.30. The molecule has 0 aromatic carbocycles. The van der Waals surface area contributed by atoms with Gasteiger partial charge in [0.2, 0.25) is 0 Å². The second kappa shape index (κ2) is 6.41. The summed E-state index contributed by atoms with van der Waals surface area (Å²) in [4.78, 5) is 23.5. The molecule has 1 unspecified atom stereocenters. The summed E-state index contributed by atoms with van der Waals surface area (Å²) in [6.45, 7) is 4.33. The molecule has 3 fully saturated rings. The van der Waals surface area contributed by atoms with Gasteiger partial charge in [0.05, 0.1) is 12.2 Å². The number of aliphatic hydroxyl groups is 2. The topological polar surface area (TPSA) is 94.8 Å². The van der Waals surface area contributed by atoms with E-state index in [1.807, 2.05) is 0 Å². The molecule has 3 N–H and O–H groups in total. The average Bonchev–Trinajstić information content (AvgIpc) is 2.88. The predicted molar refractivity (Wildman–Crippen MR) is 99.8 cm³/mol. The Morgan fingerprint density at radius 1 is 1.19 bits per heavy atom. The molecule has 5 nitrogen and oxygen atoms in total. The van der Waals surface area contributed by atoms with E-state index in [-0.39, 0.29) is 41.0 Å². The number of fused-ring (bicyclic) bond motifs is 5. The maximum Gasteiger partial charge on any atom is 0.303 e. The lowest BCUT2D eigenvalue weighted by atomic mass is 9.45. The molecule has 150 valence electrons. The van der Waals surface area contributed by atoms with Gasteiger partial charge in [0.15, 0.2) is 5.78 Å². The van der Waals surface area contributed by atoms with E-state index in [1.54, 1.807) is 6.08 Å². The molecule has 0 bridgehead atoms. The first kappa shape index (κ1) is 19.1. The quantitative estimate of drug-likeness (QED) is 0.704. The van der Waals surface area contributed by atoms with E-state index in [4.69, 9.17) is 5.11 Å². The molecule has 8 atom stereocenters. The van der Waals surface area contributed by atoms with Gasteiger partial charge in [-0.05, 0) is 79.6 Å². The van der Waals surface area contributed by atoms with Gasteiger partial charge in [0.25, 0.3) is 0 Å². The minimum Gasteiger partial charge on any atom is -0.481 e. The molecule has 0 heterocycles. The zero-order valence-corrected chi connectivity index (χ0v) is 16.4. The second-order valence-corrected chi connectivity index (χ2v) is 10.0. The van der Waals surface area contributed by atoms with Crippen LogP contribution in [0.2, 0.25) is 0 Å². The summed E-state index contributed by atoms with van der Waals surface area (Å²) in [5.41, 5.74) is 0.709. The first-order valence-corrected chi connectivity index (χ1v) is 10.5. The van der Waals surface area contributed by atoms with E-state index in [2.05, 4.69) is 13.8 Å². The fourth-order valence-electron chi connectivity index (χ4n) is 7.40. The number of aliphatic carboxylic acids is 1. The van der Waals surface area contributed by atoms with E-state index < -0.39 is 12.1 Å². The van der Waals surface area contributed by atoms with Crippen LogP contribution in [0.5, 0.6) is 0 Å². The van der Waals surface area contributed by atoms with Crippen molar-refractivity contribution in [2.45, 2.75) is 77.4 Å². The highest BCUT2D eigenvalue weighted by Gasteiger charge is 2.62.